The molecule has 0 aliphatic rings. The van der Waals surface area contributed by atoms with Gasteiger partial charge in [-0.3, -0.25) is 24.0 Å². The lowest BCUT2D eigenvalue weighted by molar-refractivity contribution is -0.201. The summed E-state index contributed by atoms with van der Waals surface area (Å²) in [6, 6.07) is 0. The molecule has 0 aliphatic heterocycles. The molecule has 0 amide bonds. The van der Waals surface area contributed by atoms with Gasteiger partial charge in [-0.2, -0.15) is 0 Å². The van der Waals surface area contributed by atoms with Gasteiger partial charge in [0, 0.05) is 41.2 Å². The molecule has 12 heteroatoms. The lowest BCUT2D eigenvalue weighted by Crippen LogP contribution is -2.54. The van der Waals surface area contributed by atoms with Gasteiger partial charge in [0.25, 0.3) is 0 Å². The van der Waals surface area contributed by atoms with E-state index in [0.29, 0.717) is 0 Å². The highest BCUT2D eigenvalue weighted by Gasteiger charge is 2.43. The van der Waals surface area contributed by atoms with Gasteiger partial charge in [-0.15, -0.1) is 12.4 Å². The summed E-state index contributed by atoms with van der Waals surface area (Å²) < 4.78 is 25.2. The number of hydrogen-bond donors (Lipinski definition) is 1. The Morgan fingerprint density at radius 2 is 1.00 bits per heavy atom. The van der Waals surface area contributed by atoms with Gasteiger partial charge in [0.15, 0.2) is 24.4 Å². The topological polar surface area (TPSA) is 158 Å². The van der Waals surface area contributed by atoms with Crippen molar-refractivity contribution < 1.29 is 47.7 Å². The second-order valence-electron chi connectivity index (χ2n) is 5.48. The molecule has 0 unspecified atom stereocenters. The molecule has 0 bridgehead atoms. The van der Waals surface area contributed by atoms with E-state index >= 15 is 0 Å². The van der Waals surface area contributed by atoms with Crippen LogP contribution in [0.1, 0.15) is 34.6 Å². The molecule has 0 saturated heterocycles. The maximum absolute atomic E-state index is 11.6. The predicted molar refractivity (Wildman–Crippen MR) is 95.2 cm³/mol. The monoisotopic (exact) mass is 427 g/mol. The molecule has 162 valence electrons. The van der Waals surface area contributed by atoms with Crippen LogP contribution in [0.2, 0.25) is 0 Å². The molecule has 2 N–H and O–H groups in total. The molecule has 0 radical (unpaired) electrons. The molecule has 0 spiro atoms. The molecule has 0 saturated carbocycles. The van der Waals surface area contributed by atoms with Crippen LogP contribution < -0.4 is 5.73 Å². The van der Waals surface area contributed by atoms with E-state index in [1.165, 1.54) is 0 Å². The first-order valence-electron chi connectivity index (χ1n) is 8.00. The number of ether oxygens (including phenoxy) is 5. The van der Waals surface area contributed by atoms with Gasteiger partial charge in [-0.05, 0) is 0 Å². The van der Waals surface area contributed by atoms with Crippen molar-refractivity contribution in [3.05, 3.63) is 0 Å². The first kappa shape index (κ1) is 27.8. The number of halogens is 1. The molecular weight excluding hydrogens is 402 g/mol. The molecule has 0 rings (SSSR count). The van der Waals surface area contributed by atoms with Gasteiger partial charge < -0.3 is 29.4 Å². The third kappa shape index (κ3) is 11.3. The summed E-state index contributed by atoms with van der Waals surface area (Å²) in [6.45, 7) is 4.66. The minimum absolute atomic E-state index is 0. The average Bonchev–Trinajstić information content (AvgIpc) is 2.51. The number of nitrogens with two attached hydrogens (primary N) is 1. The van der Waals surface area contributed by atoms with Crippen molar-refractivity contribution in [1.82, 2.24) is 0 Å². The molecular formula is C16H26ClNO10. The fraction of sp³-hybridized carbons (Fsp3) is 0.688. The van der Waals surface area contributed by atoms with Crippen molar-refractivity contribution in [3.8, 4) is 0 Å². The summed E-state index contributed by atoms with van der Waals surface area (Å²) in [7, 11) is 0. The standard InChI is InChI=1S/C16H25NO10.ClH/c1-8(18)23-7-14(25-10(3)20)16(27-12(5)22)15(26-11(4)21)13(6-17)24-9(2)19;/h13-16H,6-7,17H2,1-5H3;1H/t13-,14+,15+,16+;/m0./s1. The van der Waals surface area contributed by atoms with E-state index in [9.17, 15) is 24.0 Å². The maximum atomic E-state index is 11.6. The van der Waals surface area contributed by atoms with Crippen molar-refractivity contribution in [3.63, 3.8) is 0 Å². The molecule has 4 atom stereocenters. The van der Waals surface area contributed by atoms with E-state index in [0.717, 1.165) is 34.6 Å². The van der Waals surface area contributed by atoms with E-state index in [4.69, 9.17) is 29.4 Å². The SMILES string of the molecule is CC(=O)OC[C@@H](OC(C)=O)[C@@H](OC(C)=O)[C@H](OC(C)=O)[C@H](CN)OC(C)=O.Cl. The van der Waals surface area contributed by atoms with Gasteiger partial charge in [-0.1, -0.05) is 0 Å². The van der Waals surface area contributed by atoms with Gasteiger partial charge >= 0.3 is 29.8 Å². The molecule has 0 aromatic heterocycles. The average molecular weight is 428 g/mol. The third-order valence-corrected chi connectivity index (χ3v) is 2.98. The molecule has 11 nitrogen and oxygen atoms in total. The van der Waals surface area contributed by atoms with Gasteiger partial charge in [0.1, 0.15) is 6.61 Å². The Hall–Kier alpha value is -2.40. The van der Waals surface area contributed by atoms with Crippen molar-refractivity contribution in [2.24, 2.45) is 5.73 Å². The first-order chi connectivity index (χ1) is 12.5. The molecule has 0 fully saturated rings. The Morgan fingerprint density at radius 1 is 0.643 bits per heavy atom. The molecule has 0 aliphatic carbocycles. The zero-order valence-electron chi connectivity index (χ0n) is 16.3. The number of esters is 5. The number of hydrogen-bond acceptors (Lipinski definition) is 11. The van der Waals surface area contributed by atoms with Crippen LogP contribution in [0, 0.1) is 0 Å². The molecule has 0 heterocycles. The summed E-state index contributed by atoms with van der Waals surface area (Å²) in [5.41, 5.74) is 5.59. The Morgan fingerprint density at radius 3 is 1.32 bits per heavy atom. The van der Waals surface area contributed by atoms with Crippen LogP contribution >= 0.6 is 12.4 Å². The minimum Gasteiger partial charge on any atom is -0.462 e. The maximum Gasteiger partial charge on any atom is 0.303 e. The van der Waals surface area contributed by atoms with E-state index in [1.54, 1.807) is 0 Å². The highest BCUT2D eigenvalue weighted by molar-refractivity contribution is 5.85. The van der Waals surface area contributed by atoms with Crippen LogP contribution in [0.15, 0.2) is 0 Å². The van der Waals surface area contributed by atoms with Crippen molar-refractivity contribution in [1.29, 1.82) is 0 Å². The van der Waals surface area contributed by atoms with Crippen LogP contribution in [-0.4, -0.2) is 67.4 Å². The summed E-state index contributed by atoms with van der Waals surface area (Å²) in [5.74, 6) is -3.79. The number of carbonyl (C=O) groups is 5. The quantitative estimate of drug-likeness (QED) is 0.359. The van der Waals surface area contributed by atoms with E-state index in [2.05, 4.69) is 0 Å². The minimum atomic E-state index is -1.46. The Bertz CT molecular complexity index is 568. The largest absolute Gasteiger partial charge is 0.462 e. The summed E-state index contributed by atoms with van der Waals surface area (Å²) in [4.78, 5) is 57.0. The Labute approximate surface area is 168 Å². The summed E-state index contributed by atoms with van der Waals surface area (Å²) in [5, 5.41) is 0. The smallest absolute Gasteiger partial charge is 0.303 e. The van der Waals surface area contributed by atoms with E-state index in [-0.39, 0.29) is 19.0 Å². The zero-order valence-corrected chi connectivity index (χ0v) is 17.1. The fourth-order valence-electron chi connectivity index (χ4n) is 2.16. The van der Waals surface area contributed by atoms with Crippen LogP contribution in [0.25, 0.3) is 0 Å². The lowest BCUT2D eigenvalue weighted by atomic mass is 10.0. The molecule has 0 aromatic rings. The normalized spacial score (nSPS) is 14.2. The van der Waals surface area contributed by atoms with Crippen molar-refractivity contribution in [2.75, 3.05) is 13.2 Å². The van der Waals surface area contributed by atoms with E-state index in [1.807, 2.05) is 0 Å². The highest BCUT2D eigenvalue weighted by Crippen LogP contribution is 2.19. The van der Waals surface area contributed by atoms with Gasteiger partial charge in [0.2, 0.25) is 0 Å². The fourth-order valence-corrected chi connectivity index (χ4v) is 2.16. The van der Waals surface area contributed by atoms with Crippen molar-refractivity contribution >= 4 is 42.3 Å². The zero-order chi connectivity index (χ0) is 21.1. The Kier molecular flexibility index (Phi) is 13.6. The van der Waals surface area contributed by atoms with Gasteiger partial charge in [0.05, 0.1) is 0 Å². The number of carbonyl (C=O) groups excluding carboxylic acids is 5. The second kappa shape index (κ2) is 13.7. The van der Waals surface area contributed by atoms with Crippen LogP contribution in [-0.2, 0) is 47.7 Å². The third-order valence-electron chi connectivity index (χ3n) is 2.98. The molecule has 28 heavy (non-hydrogen) atoms. The highest BCUT2D eigenvalue weighted by atomic mass is 35.5. The summed E-state index contributed by atoms with van der Waals surface area (Å²) >= 11 is 0. The van der Waals surface area contributed by atoms with Crippen LogP contribution in [0.5, 0.6) is 0 Å². The van der Waals surface area contributed by atoms with Crippen molar-refractivity contribution in [2.45, 2.75) is 59.0 Å². The van der Waals surface area contributed by atoms with E-state index < -0.39 is 60.9 Å². The van der Waals surface area contributed by atoms with Gasteiger partial charge in [-0.25, -0.2) is 0 Å². The summed E-state index contributed by atoms with van der Waals surface area (Å²) in [6.07, 6.45) is -5.43. The van der Waals surface area contributed by atoms with Crippen LogP contribution in [0.3, 0.4) is 0 Å². The predicted octanol–water partition coefficient (Wildman–Crippen LogP) is -0.343. The Balaban J connectivity index is 0. The van der Waals surface area contributed by atoms with Crippen LogP contribution in [0.4, 0.5) is 0 Å². The second-order valence-corrected chi connectivity index (χ2v) is 5.48. The lowest BCUT2D eigenvalue weighted by Gasteiger charge is -2.34. The molecule has 0 aromatic carbocycles. The first-order valence-corrected chi connectivity index (χ1v) is 8.00. The number of rotatable bonds is 10.